The summed E-state index contributed by atoms with van der Waals surface area (Å²) in [5.74, 6) is -0.563. The van der Waals surface area contributed by atoms with Crippen molar-refractivity contribution in [3.8, 4) is 0 Å². The molecule has 1 fully saturated rings. The maximum absolute atomic E-state index is 13.1. The van der Waals surface area contributed by atoms with E-state index in [2.05, 4.69) is 0 Å². The van der Waals surface area contributed by atoms with Gasteiger partial charge in [0, 0.05) is 6.04 Å². The summed E-state index contributed by atoms with van der Waals surface area (Å²) >= 11 is 0. The van der Waals surface area contributed by atoms with Gasteiger partial charge in [-0.15, -0.1) is 0 Å². The Hall–Kier alpha value is -1.42. The molecule has 0 radical (unpaired) electrons. The zero-order chi connectivity index (χ0) is 11.5. The molecule has 2 rings (SSSR count). The first-order chi connectivity index (χ1) is 7.66. The van der Waals surface area contributed by atoms with Gasteiger partial charge in [0.25, 0.3) is 0 Å². The number of nitrogens with two attached hydrogens (primary N) is 1. The van der Waals surface area contributed by atoms with Gasteiger partial charge in [0.15, 0.2) is 0 Å². The predicted octanol–water partition coefficient (Wildman–Crippen LogP) is 1.45. The third-order valence-corrected chi connectivity index (χ3v) is 2.96. The van der Waals surface area contributed by atoms with Gasteiger partial charge >= 0.3 is 0 Å². The van der Waals surface area contributed by atoms with Crippen LogP contribution in [0.15, 0.2) is 24.3 Å². The Morgan fingerprint density at radius 3 is 3.06 bits per heavy atom. The standard InChI is InChI=1S/C12H15FN2O/c13-10-4-1-3-9(7-10)11-5-2-6-15(11)8-12(14)16/h1,3-4,7,11H,2,5-6,8H2,(H2,14,16)/t11-/m0/s1. The summed E-state index contributed by atoms with van der Waals surface area (Å²) in [4.78, 5) is 12.9. The Kier molecular flexibility index (Phi) is 3.19. The highest BCUT2D eigenvalue weighted by Crippen LogP contribution is 2.31. The number of amides is 1. The fourth-order valence-corrected chi connectivity index (χ4v) is 2.31. The van der Waals surface area contributed by atoms with Crippen molar-refractivity contribution in [2.45, 2.75) is 18.9 Å². The number of likely N-dealkylation sites (tertiary alicyclic amines) is 1. The summed E-state index contributed by atoms with van der Waals surface area (Å²) in [6.07, 6.45) is 1.98. The van der Waals surface area contributed by atoms with Crippen molar-refractivity contribution in [3.05, 3.63) is 35.6 Å². The molecule has 1 heterocycles. The Morgan fingerprint density at radius 2 is 2.38 bits per heavy atom. The van der Waals surface area contributed by atoms with Crippen molar-refractivity contribution in [3.63, 3.8) is 0 Å². The number of primary amides is 1. The molecule has 0 saturated carbocycles. The van der Waals surface area contributed by atoms with Crippen LogP contribution in [0.5, 0.6) is 0 Å². The minimum Gasteiger partial charge on any atom is -0.369 e. The predicted molar refractivity (Wildman–Crippen MR) is 59.1 cm³/mol. The van der Waals surface area contributed by atoms with Gasteiger partial charge in [0.05, 0.1) is 6.54 Å². The monoisotopic (exact) mass is 222 g/mol. The summed E-state index contributed by atoms with van der Waals surface area (Å²) in [6.45, 7) is 1.10. The third-order valence-electron chi connectivity index (χ3n) is 2.96. The lowest BCUT2D eigenvalue weighted by atomic mass is 10.0. The number of halogens is 1. The number of rotatable bonds is 3. The highest BCUT2D eigenvalue weighted by molar-refractivity contribution is 5.76. The van der Waals surface area contributed by atoms with Crippen molar-refractivity contribution in [1.82, 2.24) is 4.90 Å². The summed E-state index contributed by atoms with van der Waals surface area (Å²) < 4.78 is 13.1. The van der Waals surface area contributed by atoms with E-state index in [1.165, 1.54) is 12.1 Å². The van der Waals surface area contributed by atoms with Crippen LogP contribution >= 0.6 is 0 Å². The molecule has 0 unspecified atom stereocenters. The lowest BCUT2D eigenvalue weighted by molar-refractivity contribution is -0.119. The van der Waals surface area contributed by atoms with Gasteiger partial charge in [0.1, 0.15) is 5.82 Å². The van der Waals surface area contributed by atoms with Crippen molar-refractivity contribution in [2.24, 2.45) is 5.73 Å². The van der Waals surface area contributed by atoms with Gasteiger partial charge in [-0.05, 0) is 37.1 Å². The first kappa shape index (κ1) is 11.1. The lowest BCUT2D eigenvalue weighted by Gasteiger charge is -2.23. The highest BCUT2D eigenvalue weighted by atomic mass is 19.1. The van der Waals surface area contributed by atoms with Crippen LogP contribution in [0, 0.1) is 5.82 Å². The summed E-state index contributed by atoms with van der Waals surface area (Å²) in [6, 6.07) is 6.68. The molecule has 0 aromatic heterocycles. The van der Waals surface area contributed by atoms with Crippen LogP contribution in [0.25, 0.3) is 0 Å². The van der Waals surface area contributed by atoms with E-state index in [1.807, 2.05) is 11.0 Å². The van der Waals surface area contributed by atoms with Crippen LogP contribution in [-0.2, 0) is 4.79 Å². The molecule has 1 aromatic carbocycles. The molecule has 86 valence electrons. The number of nitrogens with zero attached hydrogens (tertiary/aromatic N) is 1. The zero-order valence-corrected chi connectivity index (χ0v) is 9.03. The van der Waals surface area contributed by atoms with Crippen LogP contribution in [-0.4, -0.2) is 23.9 Å². The topological polar surface area (TPSA) is 46.3 Å². The molecule has 1 amide bonds. The van der Waals surface area contributed by atoms with Crippen LogP contribution in [0.3, 0.4) is 0 Å². The molecule has 1 aliphatic heterocycles. The molecule has 3 nitrogen and oxygen atoms in total. The minimum absolute atomic E-state index is 0.128. The van der Waals surface area contributed by atoms with Crippen molar-refractivity contribution in [2.75, 3.05) is 13.1 Å². The van der Waals surface area contributed by atoms with E-state index in [9.17, 15) is 9.18 Å². The van der Waals surface area contributed by atoms with E-state index in [4.69, 9.17) is 5.73 Å². The summed E-state index contributed by atoms with van der Waals surface area (Å²) in [7, 11) is 0. The van der Waals surface area contributed by atoms with E-state index in [1.54, 1.807) is 6.07 Å². The second-order valence-corrected chi connectivity index (χ2v) is 4.15. The van der Waals surface area contributed by atoms with Gasteiger partial charge in [-0.2, -0.15) is 0 Å². The van der Waals surface area contributed by atoms with E-state index >= 15 is 0 Å². The number of carbonyl (C=O) groups is 1. The molecule has 1 aliphatic rings. The molecular formula is C12H15FN2O. The highest BCUT2D eigenvalue weighted by Gasteiger charge is 2.26. The van der Waals surface area contributed by atoms with Gasteiger partial charge in [-0.3, -0.25) is 9.69 Å². The zero-order valence-electron chi connectivity index (χ0n) is 9.03. The Morgan fingerprint density at radius 1 is 1.56 bits per heavy atom. The number of hydrogen-bond acceptors (Lipinski definition) is 2. The molecule has 2 N–H and O–H groups in total. The van der Waals surface area contributed by atoms with Crippen LogP contribution in [0.4, 0.5) is 4.39 Å². The maximum atomic E-state index is 13.1. The SMILES string of the molecule is NC(=O)CN1CCC[C@H]1c1cccc(F)c1. The van der Waals surface area contributed by atoms with Crippen LogP contribution < -0.4 is 5.73 Å². The molecular weight excluding hydrogens is 207 g/mol. The molecule has 1 atom stereocenters. The minimum atomic E-state index is -0.330. The van der Waals surface area contributed by atoms with E-state index in [-0.39, 0.29) is 24.3 Å². The van der Waals surface area contributed by atoms with Gasteiger partial charge in [-0.25, -0.2) is 4.39 Å². The average molecular weight is 222 g/mol. The third kappa shape index (κ3) is 2.39. The fraction of sp³-hybridized carbons (Fsp3) is 0.417. The first-order valence-corrected chi connectivity index (χ1v) is 5.44. The normalized spacial score (nSPS) is 21.2. The largest absolute Gasteiger partial charge is 0.369 e. The van der Waals surface area contributed by atoms with Gasteiger partial charge < -0.3 is 5.73 Å². The number of benzene rings is 1. The number of hydrogen-bond donors (Lipinski definition) is 1. The Balaban J connectivity index is 2.16. The molecule has 1 aromatic rings. The lowest BCUT2D eigenvalue weighted by Crippen LogP contribution is -2.33. The molecule has 0 aliphatic carbocycles. The molecule has 0 bridgehead atoms. The van der Waals surface area contributed by atoms with E-state index in [0.717, 1.165) is 24.9 Å². The molecule has 16 heavy (non-hydrogen) atoms. The second-order valence-electron chi connectivity index (χ2n) is 4.15. The maximum Gasteiger partial charge on any atom is 0.231 e. The Labute approximate surface area is 94.0 Å². The van der Waals surface area contributed by atoms with Crippen LogP contribution in [0.1, 0.15) is 24.4 Å². The Bertz CT molecular complexity index is 394. The van der Waals surface area contributed by atoms with Gasteiger partial charge in [-0.1, -0.05) is 12.1 Å². The fourth-order valence-electron chi connectivity index (χ4n) is 2.31. The average Bonchev–Trinajstić information content (AvgIpc) is 2.65. The van der Waals surface area contributed by atoms with Gasteiger partial charge in [0.2, 0.25) is 5.91 Å². The smallest absolute Gasteiger partial charge is 0.231 e. The molecule has 4 heteroatoms. The van der Waals surface area contributed by atoms with E-state index in [0.29, 0.717) is 0 Å². The molecule has 0 spiro atoms. The van der Waals surface area contributed by atoms with E-state index < -0.39 is 0 Å². The second kappa shape index (κ2) is 4.61. The quantitative estimate of drug-likeness (QED) is 0.841. The number of carbonyl (C=O) groups excluding carboxylic acids is 1. The summed E-state index contributed by atoms with van der Waals surface area (Å²) in [5.41, 5.74) is 6.12. The first-order valence-electron chi connectivity index (χ1n) is 5.44. The molecule has 1 saturated heterocycles. The summed E-state index contributed by atoms with van der Waals surface area (Å²) in [5, 5.41) is 0. The van der Waals surface area contributed by atoms with Crippen molar-refractivity contribution in [1.29, 1.82) is 0 Å². The van der Waals surface area contributed by atoms with Crippen molar-refractivity contribution >= 4 is 5.91 Å². The van der Waals surface area contributed by atoms with Crippen molar-refractivity contribution < 1.29 is 9.18 Å². The van der Waals surface area contributed by atoms with Crippen LogP contribution in [0.2, 0.25) is 0 Å².